The number of sulfone groups is 1. The van der Waals surface area contributed by atoms with Gasteiger partial charge in [0.15, 0.2) is 0 Å². The number of anilines is 1. The quantitative estimate of drug-likeness (QED) is 0.677. The Bertz CT molecular complexity index is 1130. The summed E-state index contributed by atoms with van der Waals surface area (Å²) in [6.07, 6.45) is 1.40. The molecule has 0 saturated carbocycles. The molecule has 3 aromatic rings. The van der Waals surface area contributed by atoms with Gasteiger partial charge < -0.3 is 4.90 Å². The van der Waals surface area contributed by atoms with Gasteiger partial charge >= 0.3 is 0 Å². The average molecular weight is 419 g/mol. The van der Waals surface area contributed by atoms with Crippen molar-refractivity contribution in [2.24, 2.45) is 0 Å². The number of aromatic amines is 1. The van der Waals surface area contributed by atoms with Crippen LogP contribution in [0.2, 0.25) is 0 Å². The molecule has 0 bridgehead atoms. The molecule has 1 N–H and O–H groups in total. The molecule has 1 aromatic heterocycles. The molecule has 1 saturated heterocycles. The van der Waals surface area contributed by atoms with Crippen LogP contribution in [-0.4, -0.2) is 43.2 Å². The molecule has 0 unspecified atom stereocenters. The summed E-state index contributed by atoms with van der Waals surface area (Å²) in [6, 6.07) is 9.34. The summed E-state index contributed by atoms with van der Waals surface area (Å²) in [6.45, 7) is 3.27. The number of hydrogen-bond donors (Lipinski definition) is 1. The molecule has 8 heteroatoms. The minimum atomic E-state index is -3.00. The number of aromatic nitrogens is 2. The molecule has 1 aliphatic rings. The second-order valence-corrected chi connectivity index (χ2v) is 9.99. The maximum Gasteiger partial charge on any atom is 0.264 e. The SMILES string of the molecule is Cc1c(-c2ccc(N3CCC(S(C)(=O)=O)CC3)cc2)cc(C(F)F)c2cn[nH]c12. The number of nitrogens with zero attached hydrogens (tertiary/aromatic N) is 2. The second kappa shape index (κ2) is 7.40. The molecular formula is C21H23F2N3O2S. The van der Waals surface area contributed by atoms with Gasteiger partial charge in [-0.05, 0) is 54.7 Å². The topological polar surface area (TPSA) is 66.1 Å². The third kappa shape index (κ3) is 3.73. The van der Waals surface area contributed by atoms with Crippen LogP contribution >= 0.6 is 0 Å². The van der Waals surface area contributed by atoms with E-state index in [9.17, 15) is 17.2 Å². The zero-order valence-corrected chi connectivity index (χ0v) is 17.1. The first-order valence-corrected chi connectivity index (χ1v) is 11.5. The Balaban J connectivity index is 1.61. The van der Waals surface area contributed by atoms with Gasteiger partial charge in [-0.15, -0.1) is 0 Å². The highest BCUT2D eigenvalue weighted by Crippen LogP contribution is 2.36. The predicted octanol–water partition coefficient (Wildman–Crippen LogP) is 4.49. The molecule has 29 heavy (non-hydrogen) atoms. The minimum absolute atomic E-state index is 0.0266. The highest BCUT2D eigenvalue weighted by atomic mass is 32.2. The lowest BCUT2D eigenvalue weighted by Gasteiger charge is -2.32. The Morgan fingerprint density at radius 3 is 2.41 bits per heavy atom. The van der Waals surface area contributed by atoms with Gasteiger partial charge in [-0.25, -0.2) is 17.2 Å². The van der Waals surface area contributed by atoms with Gasteiger partial charge in [-0.1, -0.05) is 12.1 Å². The Kier molecular flexibility index (Phi) is 5.06. The molecule has 0 radical (unpaired) electrons. The van der Waals surface area contributed by atoms with E-state index in [2.05, 4.69) is 15.1 Å². The van der Waals surface area contributed by atoms with Gasteiger partial charge in [0.1, 0.15) is 9.84 Å². The van der Waals surface area contributed by atoms with Crippen LogP contribution in [0.5, 0.6) is 0 Å². The standard InChI is InChI=1S/C21H23F2N3O2S/c1-13-17(11-18(21(22)23)19-12-24-25-20(13)19)14-3-5-15(6-4-14)26-9-7-16(8-10-26)29(2,27)28/h3-6,11-12,16,21H,7-10H2,1-2H3,(H,24,25). The van der Waals surface area contributed by atoms with Crippen molar-refractivity contribution in [3.63, 3.8) is 0 Å². The van der Waals surface area contributed by atoms with E-state index in [4.69, 9.17) is 0 Å². The fourth-order valence-corrected chi connectivity index (χ4v) is 5.21. The first kappa shape index (κ1) is 19.8. The zero-order chi connectivity index (χ0) is 20.8. The van der Waals surface area contributed by atoms with Crippen molar-refractivity contribution in [1.29, 1.82) is 0 Å². The maximum atomic E-state index is 13.5. The third-order valence-electron chi connectivity index (χ3n) is 5.86. The van der Waals surface area contributed by atoms with Crippen molar-refractivity contribution in [3.05, 3.63) is 47.7 Å². The van der Waals surface area contributed by atoms with Crippen molar-refractivity contribution in [3.8, 4) is 11.1 Å². The lowest BCUT2D eigenvalue weighted by Crippen LogP contribution is -2.38. The van der Waals surface area contributed by atoms with Gasteiger partial charge in [0.2, 0.25) is 0 Å². The first-order chi connectivity index (χ1) is 13.8. The molecule has 1 fully saturated rings. The summed E-state index contributed by atoms with van der Waals surface area (Å²) in [4.78, 5) is 2.17. The van der Waals surface area contributed by atoms with Gasteiger partial charge in [0.05, 0.1) is 17.0 Å². The second-order valence-electron chi connectivity index (χ2n) is 7.66. The smallest absolute Gasteiger partial charge is 0.264 e. The molecule has 2 aromatic carbocycles. The van der Waals surface area contributed by atoms with E-state index in [1.807, 2.05) is 31.2 Å². The van der Waals surface area contributed by atoms with Gasteiger partial charge in [-0.2, -0.15) is 5.10 Å². The molecule has 0 amide bonds. The number of H-pyrrole nitrogens is 1. The van der Waals surface area contributed by atoms with Crippen molar-refractivity contribution in [1.82, 2.24) is 10.2 Å². The van der Waals surface area contributed by atoms with Crippen LogP contribution in [0.1, 0.15) is 30.4 Å². The van der Waals surface area contributed by atoms with Crippen LogP contribution in [0.15, 0.2) is 36.5 Å². The first-order valence-electron chi connectivity index (χ1n) is 9.54. The molecule has 154 valence electrons. The number of hydrogen-bond acceptors (Lipinski definition) is 4. The molecule has 5 nitrogen and oxygen atoms in total. The Labute approximate surface area is 168 Å². The highest BCUT2D eigenvalue weighted by molar-refractivity contribution is 7.91. The van der Waals surface area contributed by atoms with Crippen LogP contribution < -0.4 is 4.90 Å². The molecule has 0 aliphatic carbocycles. The van der Waals surface area contributed by atoms with Crippen molar-refractivity contribution >= 4 is 26.4 Å². The number of fused-ring (bicyclic) bond motifs is 1. The molecule has 0 atom stereocenters. The summed E-state index contributed by atoms with van der Waals surface area (Å²) >= 11 is 0. The van der Waals surface area contributed by atoms with E-state index in [1.54, 1.807) is 6.07 Å². The molecule has 2 heterocycles. The minimum Gasteiger partial charge on any atom is -0.371 e. The Hall–Kier alpha value is -2.48. The third-order valence-corrected chi connectivity index (χ3v) is 7.54. The number of piperidine rings is 1. The number of nitrogens with one attached hydrogen (secondary N) is 1. The van der Waals surface area contributed by atoms with E-state index < -0.39 is 16.3 Å². The number of rotatable bonds is 4. The van der Waals surface area contributed by atoms with Crippen molar-refractivity contribution in [2.75, 3.05) is 24.2 Å². The lowest BCUT2D eigenvalue weighted by molar-refractivity contribution is 0.153. The number of halogens is 2. The maximum absolute atomic E-state index is 13.5. The van der Waals surface area contributed by atoms with Crippen LogP contribution in [-0.2, 0) is 9.84 Å². The number of alkyl halides is 2. The molecule has 4 rings (SSSR count). The Morgan fingerprint density at radius 2 is 1.83 bits per heavy atom. The van der Waals surface area contributed by atoms with Crippen LogP contribution in [0.4, 0.5) is 14.5 Å². The van der Waals surface area contributed by atoms with E-state index in [0.29, 0.717) is 36.8 Å². The predicted molar refractivity (Wildman–Crippen MR) is 111 cm³/mol. The molecular weight excluding hydrogens is 396 g/mol. The van der Waals surface area contributed by atoms with E-state index in [1.165, 1.54) is 12.5 Å². The van der Waals surface area contributed by atoms with Crippen molar-refractivity contribution < 1.29 is 17.2 Å². The fourth-order valence-electron chi connectivity index (χ4n) is 4.14. The van der Waals surface area contributed by atoms with Crippen LogP contribution in [0, 0.1) is 6.92 Å². The largest absolute Gasteiger partial charge is 0.371 e. The monoisotopic (exact) mass is 419 g/mol. The normalized spacial score (nSPS) is 16.1. The summed E-state index contributed by atoms with van der Waals surface area (Å²) < 4.78 is 50.5. The molecule has 0 spiro atoms. The average Bonchev–Trinajstić information content (AvgIpc) is 3.18. The van der Waals surface area contributed by atoms with Crippen LogP contribution in [0.3, 0.4) is 0 Å². The van der Waals surface area contributed by atoms with Gasteiger partial charge in [0.25, 0.3) is 6.43 Å². The number of benzene rings is 2. The van der Waals surface area contributed by atoms with Crippen LogP contribution in [0.25, 0.3) is 22.0 Å². The summed E-state index contributed by atoms with van der Waals surface area (Å²) in [7, 11) is -3.00. The highest BCUT2D eigenvalue weighted by Gasteiger charge is 2.26. The summed E-state index contributed by atoms with van der Waals surface area (Å²) in [5.41, 5.74) is 4.10. The zero-order valence-electron chi connectivity index (χ0n) is 16.3. The molecule has 1 aliphatic heterocycles. The number of aryl methyl sites for hydroxylation is 1. The van der Waals surface area contributed by atoms with E-state index >= 15 is 0 Å². The van der Waals surface area contributed by atoms with Gasteiger partial charge in [0, 0.05) is 36.0 Å². The lowest BCUT2D eigenvalue weighted by atomic mass is 9.95. The summed E-state index contributed by atoms with van der Waals surface area (Å²) in [5.74, 6) is 0. The summed E-state index contributed by atoms with van der Waals surface area (Å²) in [5, 5.41) is 6.94. The van der Waals surface area contributed by atoms with E-state index in [0.717, 1.165) is 22.4 Å². The van der Waals surface area contributed by atoms with Crippen molar-refractivity contribution in [2.45, 2.75) is 31.4 Å². The Morgan fingerprint density at radius 1 is 1.17 bits per heavy atom. The van der Waals surface area contributed by atoms with E-state index in [-0.39, 0.29) is 10.8 Å². The van der Waals surface area contributed by atoms with Gasteiger partial charge in [-0.3, -0.25) is 5.10 Å². The fraction of sp³-hybridized carbons (Fsp3) is 0.381.